The molecule has 25 heavy (non-hydrogen) atoms. The maximum absolute atomic E-state index is 13.1. The van der Waals surface area contributed by atoms with E-state index in [2.05, 4.69) is 10.4 Å². The Kier molecular flexibility index (Phi) is 5.79. The van der Waals surface area contributed by atoms with Gasteiger partial charge in [0.25, 0.3) is 5.91 Å². The van der Waals surface area contributed by atoms with Crippen molar-refractivity contribution in [1.29, 1.82) is 0 Å². The van der Waals surface area contributed by atoms with Crippen LogP contribution in [0.4, 0.5) is 4.39 Å². The summed E-state index contributed by atoms with van der Waals surface area (Å²) in [7, 11) is 0. The second kappa shape index (κ2) is 7.65. The molecular weight excluding hydrogens is 349 g/mol. The molecule has 1 atom stereocenters. The van der Waals surface area contributed by atoms with Gasteiger partial charge in [-0.15, -0.1) is 0 Å². The smallest absolute Gasteiger partial charge is 0.344 e. The van der Waals surface area contributed by atoms with Crippen molar-refractivity contribution in [2.45, 2.75) is 39.8 Å². The molecule has 1 amide bonds. The van der Waals surface area contributed by atoms with Gasteiger partial charge in [0.05, 0.1) is 11.4 Å². The molecule has 2 rings (SSSR count). The van der Waals surface area contributed by atoms with Crippen molar-refractivity contribution in [3.05, 3.63) is 46.5 Å². The summed E-state index contributed by atoms with van der Waals surface area (Å²) >= 11 is 6.25. The number of hydrogen-bond donors (Lipinski definition) is 1. The van der Waals surface area contributed by atoms with E-state index < -0.39 is 23.8 Å². The van der Waals surface area contributed by atoms with Gasteiger partial charge in [-0.25, -0.2) is 13.9 Å². The third-order valence-electron chi connectivity index (χ3n) is 3.36. The fourth-order valence-electron chi connectivity index (χ4n) is 2.16. The molecule has 0 aliphatic carbocycles. The van der Waals surface area contributed by atoms with Crippen molar-refractivity contribution < 1.29 is 18.7 Å². The quantitative estimate of drug-likeness (QED) is 0.824. The lowest BCUT2D eigenvalue weighted by atomic mass is 10.2. The van der Waals surface area contributed by atoms with Gasteiger partial charge in [-0.3, -0.25) is 4.79 Å². The highest BCUT2D eigenvalue weighted by Gasteiger charge is 2.26. The van der Waals surface area contributed by atoms with Crippen LogP contribution >= 0.6 is 11.6 Å². The van der Waals surface area contributed by atoms with Crippen molar-refractivity contribution in [3.63, 3.8) is 0 Å². The highest BCUT2D eigenvalue weighted by atomic mass is 35.5. The molecule has 0 saturated heterocycles. The predicted octanol–water partition coefficient (Wildman–Crippen LogP) is 3.04. The number of esters is 1. The first kappa shape index (κ1) is 18.9. The van der Waals surface area contributed by atoms with Gasteiger partial charge in [-0.05, 0) is 52.0 Å². The Balaban J connectivity index is 2.23. The van der Waals surface area contributed by atoms with Crippen LogP contribution in [0.2, 0.25) is 5.15 Å². The Morgan fingerprint density at radius 3 is 2.40 bits per heavy atom. The third kappa shape index (κ3) is 4.36. The van der Waals surface area contributed by atoms with Crippen LogP contribution < -0.4 is 5.32 Å². The zero-order valence-corrected chi connectivity index (χ0v) is 15.1. The van der Waals surface area contributed by atoms with Gasteiger partial charge in [-0.1, -0.05) is 11.6 Å². The van der Waals surface area contributed by atoms with Gasteiger partial charge in [-0.2, -0.15) is 5.10 Å². The van der Waals surface area contributed by atoms with Gasteiger partial charge < -0.3 is 10.1 Å². The lowest BCUT2D eigenvalue weighted by molar-refractivity contribution is -0.129. The number of ether oxygens (including phenoxy) is 1. The highest BCUT2D eigenvalue weighted by Crippen LogP contribution is 2.24. The molecule has 1 heterocycles. The van der Waals surface area contributed by atoms with E-state index in [4.69, 9.17) is 16.3 Å². The molecule has 8 heteroatoms. The average molecular weight is 368 g/mol. The molecule has 0 fully saturated rings. The van der Waals surface area contributed by atoms with Crippen molar-refractivity contribution >= 4 is 23.5 Å². The molecule has 0 radical (unpaired) electrons. The van der Waals surface area contributed by atoms with Crippen molar-refractivity contribution in [1.82, 2.24) is 15.1 Å². The molecule has 1 N–H and O–H groups in total. The molecule has 0 spiro atoms. The zero-order chi connectivity index (χ0) is 18.7. The number of carbonyl (C=O) groups excluding carboxylic acids is 2. The van der Waals surface area contributed by atoms with E-state index in [1.807, 2.05) is 0 Å². The summed E-state index contributed by atoms with van der Waals surface area (Å²) in [6, 6.07) is 5.43. The first-order chi connectivity index (χ1) is 11.7. The van der Waals surface area contributed by atoms with Crippen LogP contribution in [0, 0.1) is 12.7 Å². The van der Waals surface area contributed by atoms with Crippen molar-refractivity contribution in [2.24, 2.45) is 0 Å². The number of rotatable bonds is 5. The maximum Gasteiger partial charge on any atom is 0.344 e. The summed E-state index contributed by atoms with van der Waals surface area (Å²) in [6.45, 7) is 6.69. The molecule has 0 unspecified atom stereocenters. The Hall–Kier alpha value is -2.41. The monoisotopic (exact) mass is 367 g/mol. The predicted molar refractivity (Wildman–Crippen MR) is 91.4 cm³/mol. The Bertz CT molecular complexity index is 787. The molecule has 0 saturated carbocycles. The van der Waals surface area contributed by atoms with Crippen LogP contribution in [0.15, 0.2) is 24.3 Å². The van der Waals surface area contributed by atoms with Crippen LogP contribution in [-0.4, -0.2) is 33.8 Å². The summed E-state index contributed by atoms with van der Waals surface area (Å²) < 4.78 is 19.5. The first-order valence-corrected chi connectivity index (χ1v) is 8.11. The third-order valence-corrected chi connectivity index (χ3v) is 3.71. The maximum atomic E-state index is 13.1. The van der Waals surface area contributed by atoms with Crippen molar-refractivity contribution in [2.75, 3.05) is 0 Å². The van der Waals surface area contributed by atoms with Crippen LogP contribution in [0.5, 0.6) is 0 Å². The van der Waals surface area contributed by atoms with Gasteiger partial charge >= 0.3 is 5.97 Å². The molecular formula is C17H19ClFN3O3. The molecule has 134 valence electrons. The van der Waals surface area contributed by atoms with Crippen molar-refractivity contribution in [3.8, 4) is 5.69 Å². The fraction of sp³-hybridized carbons (Fsp3) is 0.353. The number of hydrogen-bond acceptors (Lipinski definition) is 4. The Morgan fingerprint density at radius 1 is 1.24 bits per heavy atom. The summed E-state index contributed by atoms with van der Waals surface area (Å²) in [6.07, 6.45) is -0.973. The number of carbonyl (C=O) groups is 2. The van der Waals surface area contributed by atoms with E-state index in [1.165, 1.54) is 35.9 Å². The number of nitrogens with one attached hydrogen (secondary N) is 1. The number of aromatic nitrogens is 2. The molecule has 0 aliphatic heterocycles. The van der Waals surface area contributed by atoms with E-state index in [0.29, 0.717) is 11.4 Å². The van der Waals surface area contributed by atoms with Crippen LogP contribution in [0.1, 0.15) is 36.8 Å². The summed E-state index contributed by atoms with van der Waals surface area (Å²) in [5, 5.41) is 6.88. The van der Waals surface area contributed by atoms with Crippen LogP contribution in [0.25, 0.3) is 5.69 Å². The molecule has 2 aromatic rings. The van der Waals surface area contributed by atoms with Crippen LogP contribution in [-0.2, 0) is 9.53 Å². The van der Waals surface area contributed by atoms with Gasteiger partial charge in [0, 0.05) is 6.04 Å². The molecule has 0 bridgehead atoms. The average Bonchev–Trinajstić information content (AvgIpc) is 2.82. The standard InChI is InChI=1S/C17H19ClFN3O3/c1-9(2)20-16(23)11(4)25-17(24)14-10(3)21-22(15(14)18)13-7-5-12(19)6-8-13/h5-9,11H,1-4H3,(H,20,23)/t11-/m1/s1. The molecule has 0 aliphatic rings. The van der Waals surface area contributed by atoms with Gasteiger partial charge in [0.15, 0.2) is 6.10 Å². The lowest BCUT2D eigenvalue weighted by Crippen LogP contribution is -2.39. The van der Waals surface area contributed by atoms with E-state index in [0.717, 1.165) is 0 Å². The van der Waals surface area contributed by atoms with Gasteiger partial charge in [0.2, 0.25) is 0 Å². The highest BCUT2D eigenvalue weighted by molar-refractivity contribution is 6.33. The second-order valence-electron chi connectivity index (χ2n) is 5.85. The molecule has 1 aromatic heterocycles. The normalized spacial score (nSPS) is 12.1. The summed E-state index contributed by atoms with van der Waals surface area (Å²) in [5.41, 5.74) is 0.908. The number of amides is 1. The van der Waals surface area contributed by atoms with E-state index >= 15 is 0 Å². The zero-order valence-electron chi connectivity index (χ0n) is 14.3. The second-order valence-corrected chi connectivity index (χ2v) is 6.21. The number of halogens is 2. The summed E-state index contributed by atoms with van der Waals surface area (Å²) in [4.78, 5) is 24.3. The first-order valence-electron chi connectivity index (χ1n) is 7.73. The minimum atomic E-state index is -0.973. The van der Waals surface area contributed by atoms with E-state index in [1.54, 1.807) is 20.8 Å². The Labute approximate surface area is 149 Å². The minimum Gasteiger partial charge on any atom is -0.449 e. The number of nitrogens with zero attached hydrogens (tertiary/aromatic N) is 2. The molecule has 1 aromatic carbocycles. The fourth-order valence-corrected chi connectivity index (χ4v) is 2.51. The van der Waals surface area contributed by atoms with Crippen LogP contribution in [0.3, 0.4) is 0 Å². The SMILES string of the molecule is Cc1nn(-c2ccc(F)cc2)c(Cl)c1C(=O)O[C@H](C)C(=O)NC(C)C. The van der Waals surface area contributed by atoms with E-state index in [9.17, 15) is 14.0 Å². The summed E-state index contributed by atoms with van der Waals surface area (Å²) in [5.74, 6) is -1.54. The number of benzene rings is 1. The Morgan fingerprint density at radius 2 is 1.84 bits per heavy atom. The minimum absolute atomic E-state index is 0.0329. The molecule has 6 nitrogen and oxygen atoms in total. The van der Waals surface area contributed by atoms with Gasteiger partial charge in [0.1, 0.15) is 16.5 Å². The lowest BCUT2D eigenvalue weighted by Gasteiger charge is -2.15. The van der Waals surface area contributed by atoms with E-state index in [-0.39, 0.29) is 16.8 Å². The topological polar surface area (TPSA) is 73.2 Å². The number of aryl methyl sites for hydroxylation is 1. The largest absolute Gasteiger partial charge is 0.449 e.